The van der Waals surface area contributed by atoms with Crippen molar-refractivity contribution in [2.75, 3.05) is 19.4 Å². The van der Waals surface area contributed by atoms with Crippen molar-refractivity contribution in [3.8, 4) is 0 Å². The highest BCUT2D eigenvalue weighted by atomic mass is 16.6. The fourth-order valence-corrected chi connectivity index (χ4v) is 1.37. The Morgan fingerprint density at radius 2 is 2.06 bits per heavy atom. The zero-order chi connectivity index (χ0) is 13.8. The predicted octanol–water partition coefficient (Wildman–Crippen LogP) is 2.49. The lowest BCUT2D eigenvalue weighted by Gasteiger charge is -2.19. The van der Waals surface area contributed by atoms with E-state index < -0.39 is 11.7 Å². The van der Waals surface area contributed by atoms with Crippen molar-refractivity contribution in [3.63, 3.8) is 0 Å². The topological polar surface area (TPSA) is 54.5 Å². The van der Waals surface area contributed by atoms with Gasteiger partial charge in [-0.1, -0.05) is 6.07 Å². The van der Waals surface area contributed by atoms with E-state index in [-0.39, 0.29) is 0 Å². The third-order valence-electron chi connectivity index (χ3n) is 1.91. The van der Waals surface area contributed by atoms with Gasteiger partial charge in [-0.05, 0) is 47.0 Å². The van der Waals surface area contributed by atoms with Gasteiger partial charge in [-0.25, -0.2) is 9.78 Å². The summed E-state index contributed by atoms with van der Waals surface area (Å²) in [6.07, 6.45) is -0.489. The van der Waals surface area contributed by atoms with Crippen LogP contribution in [0.2, 0.25) is 0 Å². The Labute approximate surface area is 108 Å². The summed E-state index contributed by atoms with van der Waals surface area (Å²) < 4.78 is 5.16. The second-order valence-electron chi connectivity index (χ2n) is 5.38. The molecule has 0 unspecified atom stereocenters. The second-order valence-corrected chi connectivity index (χ2v) is 5.38. The van der Waals surface area contributed by atoms with E-state index in [1.54, 1.807) is 6.07 Å². The zero-order valence-corrected chi connectivity index (χ0v) is 11.7. The monoisotopic (exact) mass is 251 g/mol. The summed E-state index contributed by atoms with van der Waals surface area (Å²) >= 11 is 0. The maximum Gasteiger partial charge on any atom is 0.413 e. The highest BCUT2D eigenvalue weighted by Gasteiger charge is 2.16. The minimum absolute atomic E-state index is 0.489. The smallest absolute Gasteiger partial charge is 0.413 e. The van der Waals surface area contributed by atoms with E-state index >= 15 is 0 Å². The molecule has 0 aliphatic heterocycles. The van der Waals surface area contributed by atoms with Gasteiger partial charge in [0.2, 0.25) is 0 Å². The summed E-state index contributed by atoms with van der Waals surface area (Å²) in [7, 11) is 3.94. The molecule has 0 aliphatic carbocycles. The number of hydrogen-bond acceptors (Lipinski definition) is 4. The molecular weight excluding hydrogens is 230 g/mol. The number of carbonyl (C=O) groups excluding carboxylic acids is 1. The molecule has 1 N–H and O–H groups in total. The Bertz CT molecular complexity index is 411. The SMILES string of the molecule is CN(C)Cc1cccc(NC(=O)OC(C)(C)C)n1. The molecule has 5 nitrogen and oxygen atoms in total. The summed E-state index contributed by atoms with van der Waals surface area (Å²) in [4.78, 5) is 17.9. The van der Waals surface area contributed by atoms with Crippen LogP contribution >= 0.6 is 0 Å². The molecule has 0 fully saturated rings. The van der Waals surface area contributed by atoms with Gasteiger partial charge < -0.3 is 9.64 Å². The van der Waals surface area contributed by atoms with Crippen LogP contribution in [-0.2, 0) is 11.3 Å². The highest BCUT2D eigenvalue weighted by Crippen LogP contribution is 2.11. The second kappa shape index (κ2) is 5.82. The number of ether oxygens (including phenoxy) is 1. The predicted molar refractivity (Wildman–Crippen MR) is 71.5 cm³/mol. The lowest BCUT2D eigenvalue weighted by molar-refractivity contribution is 0.0635. The number of nitrogens with zero attached hydrogens (tertiary/aromatic N) is 2. The average molecular weight is 251 g/mol. The van der Waals surface area contributed by atoms with Gasteiger partial charge in [0.25, 0.3) is 0 Å². The van der Waals surface area contributed by atoms with Crippen molar-refractivity contribution in [1.82, 2.24) is 9.88 Å². The summed E-state index contributed by atoms with van der Waals surface area (Å²) in [5.41, 5.74) is 0.388. The Kier molecular flexibility index (Phi) is 4.67. The molecule has 0 radical (unpaired) electrons. The van der Waals surface area contributed by atoms with E-state index in [9.17, 15) is 4.79 Å². The maximum atomic E-state index is 11.6. The Balaban J connectivity index is 2.65. The fourth-order valence-electron chi connectivity index (χ4n) is 1.37. The molecule has 0 spiro atoms. The highest BCUT2D eigenvalue weighted by molar-refractivity contribution is 5.83. The molecule has 0 aromatic carbocycles. The summed E-state index contributed by atoms with van der Waals surface area (Å²) in [6.45, 7) is 6.19. The summed E-state index contributed by atoms with van der Waals surface area (Å²) in [5, 5.41) is 2.62. The van der Waals surface area contributed by atoms with Crippen LogP contribution in [0.25, 0.3) is 0 Å². The molecule has 5 heteroatoms. The van der Waals surface area contributed by atoms with Crippen LogP contribution in [0.15, 0.2) is 18.2 Å². The molecule has 0 atom stereocenters. The molecule has 1 amide bonds. The van der Waals surface area contributed by atoms with E-state index in [0.29, 0.717) is 5.82 Å². The van der Waals surface area contributed by atoms with Crippen LogP contribution in [0.1, 0.15) is 26.5 Å². The van der Waals surface area contributed by atoms with Crippen molar-refractivity contribution in [3.05, 3.63) is 23.9 Å². The number of hydrogen-bond donors (Lipinski definition) is 1. The van der Waals surface area contributed by atoms with E-state index in [0.717, 1.165) is 12.2 Å². The molecule has 100 valence electrons. The van der Waals surface area contributed by atoms with Crippen molar-refractivity contribution in [2.45, 2.75) is 32.9 Å². The molecule has 18 heavy (non-hydrogen) atoms. The lowest BCUT2D eigenvalue weighted by atomic mass is 10.2. The van der Waals surface area contributed by atoms with Gasteiger partial charge >= 0.3 is 6.09 Å². The molecule has 0 bridgehead atoms. The summed E-state index contributed by atoms with van der Waals surface area (Å²) in [5.74, 6) is 0.503. The Morgan fingerprint density at radius 1 is 1.39 bits per heavy atom. The van der Waals surface area contributed by atoms with E-state index in [4.69, 9.17) is 4.74 Å². The Morgan fingerprint density at radius 3 is 2.61 bits per heavy atom. The lowest BCUT2D eigenvalue weighted by Crippen LogP contribution is -2.27. The van der Waals surface area contributed by atoms with Crippen LogP contribution in [0, 0.1) is 0 Å². The first-order chi connectivity index (χ1) is 8.26. The molecule has 0 saturated heterocycles. The van der Waals surface area contributed by atoms with Crippen LogP contribution in [0.3, 0.4) is 0 Å². The molecular formula is C13H21N3O2. The van der Waals surface area contributed by atoms with Gasteiger partial charge in [0.05, 0.1) is 5.69 Å². The first-order valence-electron chi connectivity index (χ1n) is 5.87. The average Bonchev–Trinajstić information content (AvgIpc) is 2.13. The maximum absolute atomic E-state index is 11.6. The van der Waals surface area contributed by atoms with E-state index in [1.165, 1.54) is 0 Å². The normalized spacial score (nSPS) is 11.4. The fraction of sp³-hybridized carbons (Fsp3) is 0.538. The van der Waals surface area contributed by atoms with E-state index in [2.05, 4.69) is 10.3 Å². The first kappa shape index (κ1) is 14.4. The van der Waals surface area contributed by atoms with Crippen LogP contribution in [-0.4, -0.2) is 35.7 Å². The number of rotatable bonds is 3. The molecule has 1 aromatic heterocycles. The van der Waals surface area contributed by atoms with Crippen LogP contribution in [0.4, 0.5) is 10.6 Å². The number of nitrogens with one attached hydrogen (secondary N) is 1. The Hall–Kier alpha value is -1.62. The molecule has 1 rings (SSSR count). The van der Waals surface area contributed by atoms with Gasteiger partial charge in [0, 0.05) is 6.54 Å². The van der Waals surface area contributed by atoms with Gasteiger partial charge in [-0.15, -0.1) is 0 Å². The largest absolute Gasteiger partial charge is 0.444 e. The minimum atomic E-state index is -0.509. The van der Waals surface area contributed by atoms with Crippen LogP contribution in [0.5, 0.6) is 0 Å². The van der Waals surface area contributed by atoms with Gasteiger partial charge in [-0.2, -0.15) is 0 Å². The molecule has 0 aliphatic rings. The van der Waals surface area contributed by atoms with Crippen LogP contribution < -0.4 is 5.32 Å². The number of pyridine rings is 1. The quantitative estimate of drug-likeness (QED) is 0.896. The number of amides is 1. The summed E-state index contributed by atoms with van der Waals surface area (Å²) in [6, 6.07) is 5.52. The number of carbonyl (C=O) groups is 1. The van der Waals surface area contributed by atoms with Gasteiger partial charge in [0.1, 0.15) is 11.4 Å². The molecule has 0 saturated carbocycles. The third-order valence-corrected chi connectivity index (χ3v) is 1.91. The van der Waals surface area contributed by atoms with E-state index in [1.807, 2.05) is 51.9 Å². The number of anilines is 1. The van der Waals surface area contributed by atoms with Gasteiger partial charge in [0.15, 0.2) is 0 Å². The van der Waals surface area contributed by atoms with Crippen molar-refractivity contribution < 1.29 is 9.53 Å². The zero-order valence-electron chi connectivity index (χ0n) is 11.7. The number of aromatic nitrogens is 1. The van der Waals surface area contributed by atoms with Gasteiger partial charge in [-0.3, -0.25) is 5.32 Å². The molecule has 1 heterocycles. The van der Waals surface area contributed by atoms with Crippen molar-refractivity contribution in [1.29, 1.82) is 0 Å². The minimum Gasteiger partial charge on any atom is -0.444 e. The van der Waals surface area contributed by atoms with Crippen molar-refractivity contribution in [2.24, 2.45) is 0 Å². The third kappa shape index (κ3) is 5.63. The van der Waals surface area contributed by atoms with Crippen molar-refractivity contribution >= 4 is 11.9 Å². The first-order valence-corrected chi connectivity index (χ1v) is 5.87. The standard InChI is InChI=1S/C13H21N3O2/c1-13(2,3)18-12(17)15-11-8-6-7-10(14-11)9-16(4)5/h6-8H,9H2,1-5H3,(H,14,15,17). The molecule has 1 aromatic rings.